The third-order valence-electron chi connectivity index (χ3n) is 4.63. The van der Waals surface area contributed by atoms with Crippen LogP contribution in [0.15, 0.2) is 78.0 Å². The fourth-order valence-electron chi connectivity index (χ4n) is 3.24. The van der Waals surface area contributed by atoms with Crippen LogP contribution < -0.4 is 0 Å². The monoisotopic (exact) mass is 429 g/mol. The van der Waals surface area contributed by atoms with Crippen LogP contribution in [-0.2, 0) is 10.0 Å². The highest BCUT2D eigenvalue weighted by atomic mass is 32.2. The van der Waals surface area contributed by atoms with E-state index in [1.54, 1.807) is 18.2 Å². The Hall–Kier alpha value is -3.66. The van der Waals surface area contributed by atoms with Crippen molar-refractivity contribution >= 4 is 26.7 Å². The molecule has 7 nitrogen and oxygen atoms in total. The molecule has 0 atom stereocenters. The number of nitro benzene ring substituents is 1. The Kier molecular flexibility index (Phi) is 4.78. The molecule has 2 heterocycles. The molecule has 0 N–H and O–H groups in total. The highest BCUT2D eigenvalue weighted by molar-refractivity contribution is 7.90. The molecule has 0 saturated carbocycles. The lowest BCUT2D eigenvalue weighted by Crippen LogP contribution is -2.12. The quantitative estimate of drug-likeness (QED) is 0.336. The minimum absolute atomic E-state index is 0.0540. The lowest BCUT2D eigenvalue weighted by atomic mass is 9.98. The van der Waals surface area contributed by atoms with Gasteiger partial charge in [-0.25, -0.2) is 26.2 Å². The number of halogens is 2. The minimum Gasteiger partial charge on any atom is -0.258 e. The number of aromatic nitrogens is 2. The molecule has 4 rings (SSSR count). The van der Waals surface area contributed by atoms with Crippen LogP contribution in [0.1, 0.15) is 12.0 Å². The average molecular weight is 429 g/mol. The fourth-order valence-corrected chi connectivity index (χ4v) is 4.56. The number of benzene rings is 2. The highest BCUT2D eigenvalue weighted by Crippen LogP contribution is 2.37. The summed E-state index contributed by atoms with van der Waals surface area (Å²) >= 11 is 0. The summed E-state index contributed by atoms with van der Waals surface area (Å²) in [5, 5.41) is 11.3. The first-order valence-electron chi connectivity index (χ1n) is 8.64. The molecule has 0 unspecified atom stereocenters. The molecule has 0 amide bonds. The molecule has 2 aromatic heterocycles. The molecule has 0 bridgehead atoms. The van der Waals surface area contributed by atoms with Crippen LogP contribution in [0, 0.1) is 10.1 Å². The van der Waals surface area contributed by atoms with Gasteiger partial charge in [0.2, 0.25) is 0 Å². The summed E-state index contributed by atoms with van der Waals surface area (Å²) in [6, 6.07) is 13.9. The number of alkyl halides is 2. The molecule has 30 heavy (non-hydrogen) atoms. The van der Waals surface area contributed by atoms with E-state index >= 15 is 0 Å². The standard InChI is InChI=1S/C20H13F2N3O4S/c21-19(22)18-12-13(25(26)27)6-7-15(18)16-8-10-23-20-17(16)9-11-24(20)30(28,29)14-4-2-1-3-5-14/h1-12,19H. The predicted molar refractivity (Wildman–Crippen MR) is 106 cm³/mol. The second-order valence-corrected chi connectivity index (χ2v) is 8.17. The van der Waals surface area contributed by atoms with Gasteiger partial charge in [-0.2, -0.15) is 0 Å². The van der Waals surface area contributed by atoms with Gasteiger partial charge in [-0.1, -0.05) is 18.2 Å². The van der Waals surface area contributed by atoms with E-state index in [0.29, 0.717) is 10.9 Å². The number of hydrogen-bond acceptors (Lipinski definition) is 5. The van der Waals surface area contributed by atoms with Crippen molar-refractivity contribution in [3.05, 3.63) is 88.7 Å². The average Bonchev–Trinajstić information content (AvgIpc) is 3.19. The number of pyridine rings is 1. The number of non-ortho nitro benzene ring substituents is 1. The Bertz CT molecular complexity index is 1370. The number of rotatable bonds is 5. The summed E-state index contributed by atoms with van der Waals surface area (Å²) in [4.78, 5) is 14.4. The van der Waals surface area contributed by atoms with E-state index in [1.807, 2.05) is 0 Å². The first-order valence-corrected chi connectivity index (χ1v) is 10.1. The number of fused-ring (bicyclic) bond motifs is 1. The van der Waals surface area contributed by atoms with Crippen molar-refractivity contribution in [2.45, 2.75) is 11.3 Å². The van der Waals surface area contributed by atoms with Gasteiger partial charge in [0.1, 0.15) is 0 Å². The van der Waals surface area contributed by atoms with Gasteiger partial charge in [0.15, 0.2) is 5.65 Å². The van der Waals surface area contributed by atoms with E-state index < -0.39 is 32.6 Å². The number of nitrogens with zero attached hydrogens (tertiary/aromatic N) is 3. The lowest BCUT2D eigenvalue weighted by Gasteiger charge is -2.11. The van der Waals surface area contributed by atoms with Crippen molar-refractivity contribution in [1.82, 2.24) is 8.96 Å². The Labute approximate surface area is 169 Å². The Balaban J connectivity index is 1.93. The predicted octanol–water partition coefficient (Wildman–Crippen LogP) is 4.79. The maximum Gasteiger partial charge on any atom is 0.269 e. The van der Waals surface area contributed by atoms with E-state index in [-0.39, 0.29) is 16.1 Å². The lowest BCUT2D eigenvalue weighted by molar-refractivity contribution is -0.385. The van der Waals surface area contributed by atoms with Crippen molar-refractivity contribution in [2.75, 3.05) is 0 Å². The smallest absolute Gasteiger partial charge is 0.258 e. The van der Waals surface area contributed by atoms with Gasteiger partial charge in [0.25, 0.3) is 22.1 Å². The summed E-state index contributed by atoms with van der Waals surface area (Å²) in [7, 11) is -3.95. The van der Waals surface area contributed by atoms with Crippen molar-refractivity contribution in [3.8, 4) is 11.1 Å². The number of hydrogen-bond donors (Lipinski definition) is 0. The molecule has 0 spiro atoms. The van der Waals surface area contributed by atoms with E-state index in [0.717, 1.165) is 16.1 Å². The van der Waals surface area contributed by atoms with E-state index in [1.165, 1.54) is 42.7 Å². The van der Waals surface area contributed by atoms with Crippen molar-refractivity contribution < 1.29 is 22.1 Å². The Morgan fingerprint density at radius 1 is 1.00 bits per heavy atom. The van der Waals surface area contributed by atoms with E-state index in [2.05, 4.69) is 4.98 Å². The molecule has 152 valence electrons. The third kappa shape index (κ3) is 3.20. The molecule has 4 aromatic rings. The largest absolute Gasteiger partial charge is 0.269 e. The summed E-state index contributed by atoms with van der Waals surface area (Å²) in [6.45, 7) is 0. The zero-order valence-corrected chi connectivity index (χ0v) is 16.0. The van der Waals surface area contributed by atoms with Gasteiger partial charge >= 0.3 is 0 Å². The van der Waals surface area contributed by atoms with Gasteiger partial charge in [-0.05, 0) is 41.5 Å². The molecule has 0 saturated heterocycles. The summed E-state index contributed by atoms with van der Waals surface area (Å²) < 4.78 is 54.2. The third-order valence-corrected chi connectivity index (χ3v) is 6.31. The maximum absolute atomic E-state index is 13.6. The molecule has 10 heteroatoms. The van der Waals surface area contributed by atoms with Crippen LogP contribution in [0.5, 0.6) is 0 Å². The van der Waals surface area contributed by atoms with Gasteiger partial charge in [-0.15, -0.1) is 0 Å². The molecule has 0 aliphatic heterocycles. The fraction of sp³-hybridized carbons (Fsp3) is 0.0500. The SMILES string of the molecule is O=[N+]([O-])c1ccc(-c2ccnc3c2ccn3S(=O)(=O)c2ccccc2)c(C(F)F)c1. The van der Waals surface area contributed by atoms with Gasteiger partial charge < -0.3 is 0 Å². The molecular weight excluding hydrogens is 416 g/mol. The normalized spacial score (nSPS) is 11.8. The van der Waals surface area contributed by atoms with Crippen LogP contribution in [0.25, 0.3) is 22.2 Å². The topological polar surface area (TPSA) is 95.1 Å². The second kappa shape index (κ2) is 7.30. The van der Waals surface area contributed by atoms with Crippen LogP contribution >= 0.6 is 0 Å². The highest BCUT2D eigenvalue weighted by Gasteiger charge is 2.23. The second-order valence-electron chi connectivity index (χ2n) is 6.35. The summed E-state index contributed by atoms with van der Waals surface area (Å²) in [5.74, 6) is 0. The van der Waals surface area contributed by atoms with Crippen LogP contribution in [0.4, 0.5) is 14.5 Å². The van der Waals surface area contributed by atoms with Crippen LogP contribution in [0.2, 0.25) is 0 Å². The van der Waals surface area contributed by atoms with Crippen LogP contribution in [0.3, 0.4) is 0 Å². The summed E-state index contributed by atoms with van der Waals surface area (Å²) in [5.41, 5.74) is -0.543. The molecular formula is C20H13F2N3O4S. The molecule has 0 radical (unpaired) electrons. The molecule has 0 aliphatic rings. The van der Waals surface area contributed by atoms with Crippen LogP contribution in [-0.4, -0.2) is 22.3 Å². The van der Waals surface area contributed by atoms with Gasteiger partial charge in [-0.3, -0.25) is 10.1 Å². The summed E-state index contributed by atoms with van der Waals surface area (Å²) in [6.07, 6.45) is -0.347. The molecule has 0 aliphatic carbocycles. The first kappa shape index (κ1) is 19.6. The Morgan fingerprint density at radius 2 is 1.73 bits per heavy atom. The van der Waals surface area contributed by atoms with E-state index in [4.69, 9.17) is 0 Å². The number of nitro groups is 1. The van der Waals surface area contributed by atoms with Gasteiger partial charge in [0, 0.05) is 35.5 Å². The molecule has 0 fully saturated rings. The minimum atomic E-state index is -3.95. The first-order chi connectivity index (χ1) is 14.3. The van der Waals surface area contributed by atoms with Crippen molar-refractivity contribution in [2.24, 2.45) is 0 Å². The van der Waals surface area contributed by atoms with Crippen molar-refractivity contribution in [1.29, 1.82) is 0 Å². The zero-order chi connectivity index (χ0) is 21.5. The van der Waals surface area contributed by atoms with Crippen molar-refractivity contribution in [3.63, 3.8) is 0 Å². The van der Waals surface area contributed by atoms with E-state index in [9.17, 15) is 27.3 Å². The maximum atomic E-state index is 13.6. The molecule has 2 aromatic carbocycles. The Morgan fingerprint density at radius 3 is 2.40 bits per heavy atom. The zero-order valence-electron chi connectivity index (χ0n) is 15.1. The van der Waals surface area contributed by atoms with Gasteiger partial charge in [0.05, 0.1) is 9.82 Å².